The molecule has 2 heterocycles. The van der Waals surface area contributed by atoms with E-state index < -0.39 is 0 Å². The van der Waals surface area contributed by atoms with Crippen molar-refractivity contribution >= 4 is 11.6 Å². The zero-order chi connectivity index (χ0) is 11.8. The van der Waals surface area contributed by atoms with Crippen LogP contribution in [0.5, 0.6) is 5.75 Å². The normalized spacial score (nSPS) is 23.0. The van der Waals surface area contributed by atoms with Gasteiger partial charge in [0, 0.05) is 19.2 Å². The molecule has 1 fully saturated rings. The Morgan fingerprint density at radius 1 is 1.47 bits per heavy atom. The number of likely N-dealkylation sites (N-methyl/N-ethyl adjacent to an activating group) is 1. The molecule has 3 rings (SSSR count). The Labute approximate surface area is 101 Å². The maximum absolute atomic E-state index is 11.7. The molecular formula is C13H16N2O2. The lowest BCUT2D eigenvalue weighted by Gasteiger charge is -2.16. The Kier molecular flexibility index (Phi) is 2.52. The molecule has 1 aromatic carbocycles. The second kappa shape index (κ2) is 4.04. The number of rotatable bonds is 2. The first-order valence-electron chi connectivity index (χ1n) is 6.01. The third-order valence-corrected chi connectivity index (χ3v) is 3.48. The van der Waals surface area contributed by atoms with Gasteiger partial charge in [-0.3, -0.25) is 4.79 Å². The van der Waals surface area contributed by atoms with Gasteiger partial charge in [-0.25, -0.2) is 0 Å². The van der Waals surface area contributed by atoms with E-state index in [2.05, 4.69) is 5.32 Å². The number of hydrogen-bond acceptors (Lipinski definition) is 3. The van der Waals surface area contributed by atoms with Crippen molar-refractivity contribution in [2.75, 3.05) is 25.0 Å². The Balaban J connectivity index is 1.88. The summed E-state index contributed by atoms with van der Waals surface area (Å²) in [7, 11) is 1.81. The summed E-state index contributed by atoms with van der Waals surface area (Å²) in [6.07, 6.45) is 1.73. The highest BCUT2D eigenvalue weighted by atomic mass is 16.5. The summed E-state index contributed by atoms with van der Waals surface area (Å²) in [6, 6.07) is 5.88. The van der Waals surface area contributed by atoms with Gasteiger partial charge < -0.3 is 15.0 Å². The van der Waals surface area contributed by atoms with Gasteiger partial charge in [0.15, 0.2) is 0 Å². The lowest BCUT2D eigenvalue weighted by Crippen LogP contribution is -2.20. The first kappa shape index (κ1) is 10.6. The van der Waals surface area contributed by atoms with Gasteiger partial charge in [-0.05, 0) is 25.1 Å². The number of carbonyl (C=O) groups is 1. The Morgan fingerprint density at radius 2 is 2.35 bits per heavy atom. The van der Waals surface area contributed by atoms with Crippen molar-refractivity contribution in [3.8, 4) is 5.75 Å². The van der Waals surface area contributed by atoms with E-state index in [-0.39, 0.29) is 12.0 Å². The van der Waals surface area contributed by atoms with Gasteiger partial charge >= 0.3 is 0 Å². The van der Waals surface area contributed by atoms with Gasteiger partial charge in [0.05, 0.1) is 12.1 Å². The average molecular weight is 232 g/mol. The minimum absolute atomic E-state index is 0.139. The van der Waals surface area contributed by atoms with Crippen LogP contribution in [0.15, 0.2) is 18.2 Å². The molecule has 0 aliphatic carbocycles. The second-order valence-electron chi connectivity index (χ2n) is 4.62. The molecule has 1 unspecified atom stereocenters. The predicted octanol–water partition coefficient (Wildman–Crippen LogP) is 0.946. The maximum Gasteiger partial charge on any atom is 0.231 e. The van der Waals surface area contributed by atoms with Crippen LogP contribution in [0.3, 0.4) is 0 Å². The molecule has 2 aliphatic rings. The summed E-state index contributed by atoms with van der Waals surface area (Å²) in [5.74, 6) is 1.01. The zero-order valence-electron chi connectivity index (χ0n) is 9.90. The Morgan fingerprint density at radius 3 is 3.12 bits per heavy atom. The van der Waals surface area contributed by atoms with Crippen molar-refractivity contribution in [3.63, 3.8) is 0 Å². The van der Waals surface area contributed by atoms with Crippen molar-refractivity contribution < 1.29 is 9.53 Å². The van der Waals surface area contributed by atoms with Crippen LogP contribution in [0.2, 0.25) is 0 Å². The van der Waals surface area contributed by atoms with E-state index in [1.54, 1.807) is 4.90 Å². The van der Waals surface area contributed by atoms with Crippen LogP contribution in [-0.4, -0.2) is 32.1 Å². The number of benzene rings is 1. The van der Waals surface area contributed by atoms with Crippen molar-refractivity contribution in [1.29, 1.82) is 0 Å². The Hall–Kier alpha value is -1.55. The van der Waals surface area contributed by atoms with Crippen LogP contribution in [0.25, 0.3) is 0 Å². The van der Waals surface area contributed by atoms with Crippen molar-refractivity contribution in [3.05, 3.63) is 23.8 Å². The molecule has 17 heavy (non-hydrogen) atoms. The second-order valence-corrected chi connectivity index (χ2v) is 4.62. The topological polar surface area (TPSA) is 41.6 Å². The molecule has 2 aliphatic heterocycles. The van der Waals surface area contributed by atoms with Gasteiger partial charge in [0.1, 0.15) is 11.9 Å². The standard InChI is InChI=1S/C13H16N2O2/c1-15-11-3-2-4-12(10(11)7-13(15)16)17-9-5-6-14-8-9/h2-4,9,14H,5-8H2,1H3. The summed E-state index contributed by atoms with van der Waals surface area (Å²) in [5.41, 5.74) is 2.02. The molecule has 1 aromatic rings. The summed E-state index contributed by atoms with van der Waals surface area (Å²) >= 11 is 0. The van der Waals surface area contributed by atoms with E-state index >= 15 is 0 Å². The molecule has 1 atom stereocenters. The number of nitrogens with one attached hydrogen (secondary N) is 1. The molecule has 0 saturated carbocycles. The van der Waals surface area contributed by atoms with Gasteiger partial charge in [-0.15, -0.1) is 0 Å². The number of carbonyl (C=O) groups excluding carboxylic acids is 1. The van der Waals surface area contributed by atoms with Crippen LogP contribution < -0.4 is 15.0 Å². The van der Waals surface area contributed by atoms with Gasteiger partial charge in [-0.2, -0.15) is 0 Å². The van der Waals surface area contributed by atoms with E-state index in [4.69, 9.17) is 4.74 Å². The smallest absolute Gasteiger partial charge is 0.231 e. The number of amides is 1. The minimum Gasteiger partial charge on any atom is -0.489 e. The monoisotopic (exact) mass is 232 g/mol. The highest BCUT2D eigenvalue weighted by Gasteiger charge is 2.28. The molecule has 1 saturated heterocycles. The van der Waals surface area contributed by atoms with E-state index in [1.807, 2.05) is 25.2 Å². The summed E-state index contributed by atoms with van der Waals surface area (Å²) in [5, 5.41) is 3.28. The predicted molar refractivity (Wildman–Crippen MR) is 65.5 cm³/mol. The van der Waals surface area contributed by atoms with Crippen molar-refractivity contribution in [1.82, 2.24) is 5.32 Å². The molecular weight excluding hydrogens is 216 g/mol. The van der Waals surface area contributed by atoms with E-state index in [9.17, 15) is 4.79 Å². The minimum atomic E-state index is 0.139. The average Bonchev–Trinajstić information content (AvgIpc) is 2.91. The molecule has 0 bridgehead atoms. The van der Waals surface area contributed by atoms with E-state index in [0.717, 1.165) is 36.5 Å². The SMILES string of the molecule is CN1C(=O)Cc2c(OC3CCNC3)cccc21. The first-order chi connectivity index (χ1) is 8.25. The third kappa shape index (κ3) is 1.78. The summed E-state index contributed by atoms with van der Waals surface area (Å²) < 4.78 is 5.97. The lowest BCUT2D eigenvalue weighted by molar-refractivity contribution is -0.117. The molecule has 0 radical (unpaired) electrons. The number of ether oxygens (including phenoxy) is 1. The molecule has 0 spiro atoms. The number of anilines is 1. The van der Waals surface area contributed by atoms with E-state index in [1.165, 1.54) is 0 Å². The van der Waals surface area contributed by atoms with Crippen LogP contribution >= 0.6 is 0 Å². The van der Waals surface area contributed by atoms with Crippen LogP contribution in [0.1, 0.15) is 12.0 Å². The van der Waals surface area contributed by atoms with Crippen molar-refractivity contribution in [2.45, 2.75) is 18.9 Å². The fraction of sp³-hybridized carbons (Fsp3) is 0.462. The fourth-order valence-electron chi connectivity index (χ4n) is 2.47. The molecule has 0 aromatic heterocycles. The number of nitrogens with zero attached hydrogens (tertiary/aromatic N) is 1. The summed E-state index contributed by atoms with van der Waals surface area (Å²) in [4.78, 5) is 13.4. The maximum atomic E-state index is 11.7. The summed E-state index contributed by atoms with van der Waals surface area (Å²) in [6.45, 7) is 1.91. The van der Waals surface area contributed by atoms with Gasteiger partial charge in [-0.1, -0.05) is 6.07 Å². The zero-order valence-corrected chi connectivity index (χ0v) is 9.90. The highest BCUT2D eigenvalue weighted by molar-refractivity contribution is 6.01. The number of fused-ring (bicyclic) bond motifs is 1. The molecule has 4 heteroatoms. The third-order valence-electron chi connectivity index (χ3n) is 3.48. The Bertz CT molecular complexity index is 453. The molecule has 1 N–H and O–H groups in total. The van der Waals surface area contributed by atoms with Gasteiger partial charge in [0.2, 0.25) is 5.91 Å². The fourth-order valence-corrected chi connectivity index (χ4v) is 2.47. The molecule has 90 valence electrons. The van der Waals surface area contributed by atoms with E-state index in [0.29, 0.717) is 6.42 Å². The molecule has 1 amide bonds. The van der Waals surface area contributed by atoms with Crippen LogP contribution in [0.4, 0.5) is 5.69 Å². The van der Waals surface area contributed by atoms with Crippen LogP contribution in [-0.2, 0) is 11.2 Å². The first-order valence-corrected chi connectivity index (χ1v) is 6.01. The lowest BCUT2D eigenvalue weighted by atomic mass is 10.1. The largest absolute Gasteiger partial charge is 0.489 e. The molecule has 4 nitrogen and oxygen atoms in total. The van der Waals surface area contributed by atoms with Crippen molar-refractivity contribution in [2.24, 2.45) is 0 Å². The highest BCUT2D eigenvalue weighted by Crippen LogP contribution is 2.35. The van der Waals surface area contributed by atoms with Gasteiger partial charge in [0.25, 0.3) is 0 Å². The van der Waals surface area contributed by atoms with Crippen LogP contribution in [0, 0.1) is 0 Å². The quantitative estimate of drug-likeness (QED) is 0.825. The number of hydrogen-bond donors (Lipinski definition) is 1.